The van der Waals surface area contributed by atoms with E-state index in [1.807, 2.05) is 12.3 Å². The predicted molar refractivity (Wildman–Crippen MR) is 66.7 cm³/mol. The first kappa shape index (κ1) is 11.5. The minimum absolute atomic E-state index is 0.174. The molecule has 0 atom stereocenters. The average Bonchev–Trinajstić information content (AvgIpc) is 2.72. The Kier molecular flexibility index (Phi) is 3.34. The van der Waals surface area contributed by atoms with Crippen molar-refractivity contribution in [2.24, 2.45) is 0 Å². The number of amides is 1. The molecule has 3 N–H and O–H groups in total. The van der Waals surface area contributed by atoms with Crippen molar-refractivity contribution in [2.45, 2.75) is 13.5 Å². The Bertz CT molecular complexity index is 538. The molecule has 2 heterocycles. The van der Waals surface area contributed by atoms with Crippen LogP contribution in [0.2, 0.25) is 0 Å². The van der Waals surface area contributed by atoms with E-state index in [9.17, 15) is 4.79 Å². The number of aromatic nitrogens is 2. The van der Waals surface area contributed by atoms with Gasteiger partial charge in [0.2, 0.25) is 0 Å². The molecular weight excluding hydrogens is 236 g/mol. The van der Waals surface area contributed by atoms with E-state index in [2.05, 4.69) is 15.3 Å². The number of carbonyl (C=O) groups excluding carboxylic acids is 1. The Morgan fingerprint density at radius 3 is 3.06 bits per heavy atom. The third kappa shape index (κ3) is 3.01. The van der Waals surface area contributed by atoms with Crippen LogP contribution in [0.5, 0.6) is 0 Å². The number of rotatable bonds is 3. The highest BCUT2D eigenvalue weighted by molar-refractivity contribution is 7.09. The molecular formula is C11H12N4OS. The topological polar surface area (TPSA) is 80.9 Å². The van der Waals surface area contributed by atoms with E-state index in [1.54, 1.807) is 12.1 Å². The van der Waals surface area contributed by atoms with E-state index in [4.69, 9.17) is 5.73 Å². The lowest BCUT2D eigenvalue weighted by atomic mass is 10.2. The quantitative estimate of drug-likeness (QED) is 0.859. The molecule has 0 aliphatic heterocycles. The van der Waals surface area contributed by atoms with Crippen molar-refractivity contribution in [3.8, 4) is 0 Å². The average molecular weight is 248 g/mol. The number of nitrogens with zero attached hydrogens (tertiary/aromatic N) is 2. The van der Waals surface area contributed by atoms with E-state index >= 15 is 0 Å². The first-order chi connectivity index (χ1) is 8.15. The van der Waals surface area contributed by atoms with Gasteiger partial charge in [0.1, 0.15) is 10.8 Å². The lowest BCUT2D eigenvalue weighted by molar-refractivity contribution is 0.0951. The van der Waals surface area contributed by atoms with E-state index in [0.717, 1.165) is 10.7 Å². The van der Waals surface area contributed by atoms with Gasteiger partial charge in [-0.25, -0.2) is 9.97 Å². The van der Waals surface area contributed by atoms with Crippen LogP contribution in [0.25, 0.3) is 0 Å². The Morgan fingerprint density at radius 2 is 2.41 bits per heavy atom. The van der Waals surface area contributed by atoms with Crippen LogP contribution in [-0.4, -0.2) is 15.9 Å². The lowest BCUT2D eigenvalue weighted by Gasteiger charge is -2.03. The fourth-order valence-electron chi connectivity index (χ4n) is 1.33. The highest BCUT2D eigenvalue weighted by atomic mass is 32.1. The molecule has 0 radical (unpaired) electrons. The van der Waals surface area contributed by atoms with Gasteiger partial charge >= 0.3 is 0 Å². The Hall–Kier alpha value is -1.95. The summed E-state index contributed by atoms with van der Waals surface area (Å²) in [6.07, 6.45) is 1.51. The molecule has 88 valence electrons. The summed E-state index contributed by atoms with van der Waals surface area (Å²) in [6, 6.07) is 3.17. The fourth-order valence-corrected chi connectivity index (χ4v) is 2.04. The maximum absolute atomic E-state index is 11.8. The number of pyridine rings is 1. The number of hydrogen-bond donors (Lipinski definition) is 2. The zero-order chi connectivity index (χ0) is 12.3. The third-order valence-corrected chi connectivity index (χ3v) is 3.08. The molecule has 0 aliphatic carbocycles. The summed E-state index contributed by atoms with van der Waals surface area (Å²) in [5.74, 6) is 0.162. The predicted octanol–water partition coefficient (Wildman–Crippen LogP) is 1.36. The van der Waals surface area contributed by atoms with Crippen LogP contribution in [0.1, 0.15) is 21.1 Å². The second-order valence-electron chi connectivity index (χ2n) is 3.53. The van der Waals surface area contributed by atoms with Crippen molar-refractivity contribution in [1.29, 1.82) is 0 Å². The summed E-state index contributed by atoms with van der Waals surface area (Å²) in [5.41, 5.74) is 6.98. The van der Waals surface area contributed by atoms with Gasteiger partial charge in [0.05, 0.1) is 6.54 Å². The Labute approximate surface area is 103 Å². The van der Waals surface area contributed by atoms with Crippen LogP contribution < -0.4 is 11.1 Å². The van der Waals surface area contributed by atoms with Crippen molar-refractivity contribution in [3.05, 3.63) is 40.0 Å². The summed E-state index contributed by atoms with van der Waals surface area (Å²) in [6.45, 7) is 2.35. The van der Waals surface area contributed by atoms with Gasteiger partial charge in [-0.05, 0) is 19.1 Å². The summed E-state index contributed by atoms with van der Waals surface area (Å²) in [4.78, 5) is 19.9. The lowest BCUT2D eigenvalue weighted by Crippen LogP contribution is -2.22. The minimum atomic E-state index is -0.174. The smallest absolute Gasteiger partial charge is 0.251 e. The fraction of sp³-hybridized carbons (Fsp3) is 0.182. The molecule has 5 nitrogen and oxygen atoms in total. The number of anilines is 1. The molecule has 0 saturated heterocycles. The van der Waals surface area contributed by atoms with Gasteiger partial charge in [0.15, 0.2) is 0 Å². The van der Waals surface area contributed by atoms with Crippen molar-refractivity contribution < 1.29 is 4.79 Å². The molecule has 17 heavy (non-hydrogen) atoms. The molecule has 0 bridgehead atoms. The van der Waals surface area contributed by atoms with Crippen molar-refractivity contribution in [3.63, 3.8) is 0 Å². The van der Waals surface area contributed by atoms with Crippen LogP contribution in [0.3, 0.4) is 0 Å². The number of nitrogens with two attached hydrogens (primary N) is 1. The third-order valence-electron chi connectivity index (χ3n) is 2.11. The van der Waals surface area contributed by atoms with Gasteiger partial charge in [0, 0.05) is 22.8 Å². The Morgan fingerprint density at radius 1 is 1.59 bits per heavy atom. The van der Waals surface area contributed by atoms with E-state index in [0.29, 0.717) is 17.9 Å². The highest BCUT2D eigenvalue weighted by Gasteiger charge is 2.06. The summed E-state index contributed by atoms with van der Waals surface area (Å²) < 4.78 is 0. The minimum Gasteiger partial charge on any atom is -0.384 e. The molecule has 2 aromatic rings. The monoisotopic (exact) mass is 248 g/mol. The molecule has 0 unspecified atom stereocenters. The largest absolute Gasteiger partial charge is 0.384 e. The number of thiazole rings is 1. The van der Waals surface area contributed by atoms with E-state index in [1.165, 1.54) is 17.5 Å². The number of nitrogens with one attached hydrogen (secondary N) is 1. The van der Waals surface area contributed by atoms with Crippen molar-refractivity contribution in [1.82, 2.24) is 15.3 Å². The maximum Gasteiger partial charge on any atom is 0.251 e. The molecule has 0 saturated carbocycles. The van der Waals surface area contributed by atoms with Crippen molar-refractivity contribution >= 4 is 23.1 Å². The number of aryl methyl sites for hydroxylation is 1. The number of carbonyl (C=O) groups is 1. The molecule has 2 rings (SSSR count). The van der Waals surface area contributed by atoms with Gasteiger partial charge < -0.3 is 11.1 Å². The maximum atomic E-state index is 11.8. The first-order valence-corrected chi connectivity index (χ1v) is 5.94. The van der Waals surface area contributed by atoms with Crippen LogP contribution in [0.15, 0.2) is 23.7 Å². The van der Waals surface area contributed by atoms with Gasteiger partial charge in [-0.3, -0.25) is 4.79 Å². The molecule has 0 aliphatic rings. The van der Waals surface area contributed by atoms with E-state index < -0.39 is 0 Å². The summed E-state index contributed by atoms with van der Waals surface area (Å²) in [7, 11) is 0. The second-order valence-corrected chi connectivity index (χ2v) is 4.48. The molecule has 0 spiro atoms. The molecule has 2 aromatic heterocycles. The first-order valence-electron chi connectivity index (χ1n) is 5.06. The van der Waals surface area contributed by atoms with Gasteiger partial charge in [-0.2, -0.15) is 0 Å². The standard InChI is InChI=1S/C11H12N4OS/c1-7-6-17-10(15-7)5-14-11(16)8-2-3-13-9(12)4-8/h2-4,6H,5H2,1H3,(H2,12,13)(H,14,16). The zero-order valence-corrected chi connectivity index (χ0v) is 10.1. The van der Waals surface area contributed by atoms with E-state index in [-0.39, 0.29) is 5.91 Å². The highest BCUT2D eigenvalue weighted by Crippen LogP contribution is 2.09. The summed E-state index contributed by atoms with van der Waals surface area (Å²) >= 11 is 1.53. The number of hydrogen-bond acceptors (Lipinski definition) is 5. The van der Waals surface area contributed by atoms with Crippen molar-refractivity contribution in [2.75, 3.05) is 5.73 Å². The van der Waals surface area contributed by atoms with Crippen LogP contribution in [0.4, 0.5) is 5.82 Å². The Balaban J connectivity index is 1.98. The van der Waals surface area contributed by atoms with Crippen LogP contribution in [0, 0.1) is 6.92 Å². The molecule has 0 fully saturated rings. The molecule has 0 aromatic carbocycles. The normalized spacial score (nSPS) is 10.2. The van der Waals surface area contributed by atoms with Crippen LogP contribution >= 0.6 is 11.3 Å². The van der Waals surface area contributed by atoms with Crippen LogP contribution in [-0.2, 0) is 6.54 Å². The molecule has 1 amide bonds. The summed E-state index contributed by atoms with van der Waals surface area (Å²) in [5, 5.41) is 5.62. The SMILES string of the molecule is Cc1csc(CNC(=O)c2ccnc(N)c2)n1. The zero-order valence-electron chi connectivity index (χ0n) is 9.30. The number of nitrogen functional groups attached to an aromatic ring is 1. The molecule has 6 heteroatoms. The van der Waals surface area contributed by atoms with Gasteiger partial charge in [-0.15, -0.1) is 11.3 Å². The second kappa shape index (κ2) is 4.92. The van der Waals surface area contributed by atoms with Gasteiger partial charge in [0.25, 0.3) is 5.91 Å². The van der Waals surface area contributed by atoms with Gasteiger partial charge in [-0.1, -0.05) is 0 Å².